The number of ether oxygens (including phenoxy) is 6. The Morgan fingerprint density at radius 3 is 0.817 bits per heavy atom. The van der Waals surface area contributed by atoms with Gasteiger partial charge in [-0.1, -0.05) is 112 Å². The zero-order chi connectivity index (χ0) is 77.5. The van der Waals surface area contributed by atoms with Crippen molar-refractivity contribution in [2.24, 2.45) is 0 Å². The van der Waals surface area contributed by atoms with Crippen LogP contribution in [0.5, 0.6) is 23.0 Å². The number of phenolic OH excluding ortho intramolecular Hbond substituents is 2. The number of benzene rings is 4. The van der Waals surface area contributed by atoms with E-state index in [0.29, 0.717) is 48.3 Å². The molecular formula is C86H132N4O14. The van der Waals surface area contributed by atoms with Gasteiger partial charge in [0.1, 0.15) is 47.4 Å². The Bertz CT molecular complexity index is 3090. The molecule has 0 atom stereocenters. The van der Waals surface area contributed by atoms with Crippen molar-refractivity contribution in [3.05, 3.63) is 119 Å². The number of methoxy groups -OCH3 is 2. The first-order chi connectivity index (χ1) is 48.5. The molecule has 4 aliphatic heterocycles. The number of esters is 4. The smallest absolute Gasteiger partial charge is 0.306 e. The highest BCUT2D eigenvalue weighted by atomic mass is 16.6. The first-order valence-corrected chi connectivity index (χ1v) is 38.3. The zero-order valence-corrected chi connectivity index (χ0v) is 67.2. The summed E-state index contributed by atoms with van der Waals surface area (Å²) in [6.07, 6.45) is 21.0. The number of rotatable bonds is 28. The molecule has 580 valence electrons. The number of carbonyl (C=O) groups excluding carboxylic acids is 6. The predicted molar refractivity (Wildman–Crippen MR) is 414 cm³/mol. The number of hydrogen-bond donors (Lipinski definition) is 4. The summed E-state index contributed by atoms with van der Waals surface area (Å²) in [5, 5.41) is 26.8. The van der Waals surface area contributed by atoms with Crippen LogP contribution < -0.4 is 20.1 Å². The summed E-state index contributed by atoms with van der Waals surface area (Å²) in [5.41, 5.74) is 1.70. The van der Waals surface area contributed by atoms with E-state index in [9.17, 15) is 39.0 Å². The van der Waals surface area contributed by atoms with Crippen LogP contribution in [0.15, 0.2) is 97.1 Å². The van der Waals surface area contributed by atoms with E-state index in [0.717, 1.165) is 128 Å². The van der Waals surface area contributed by atoms with Crippen LogP contribution in [0.1, 0.15) is 297 Å². The van der Waals surface area contributed by atoms with Gasteiger partial charge in [0.25, 0.3) is 0 Å². The maximum Gasteiger partial charge on any atom is 0.306 e. The highest BCUT2D eigenvalue weighted by molar-refractivity contribution is 6.11. The number of likely N-dealkylation sites (tertiary alicyclic amines) is 2. The molecule has 18 nitrogen and oxygen atoms in total. The van der Waals surface area contributed by atoms with E-state index in [-0.39, 0.29) is 127 Å². The van der Waals surface area contributed by atoms with Crippen molar-refractivity contribution >= 4 is 35.4 Å². The van der Waals surface area contributed by atoms with Gasteiger partial charge in [-0.2, -0.15) is 0 Å². The summed E-state index contributed by atoms with van der Waals surface area (Å²) in [6.45, 7) is 35.2. The van der Waals surface area contributed by atoms with Gasteiger partial charge < -0.3 is 49.3 Å². The van der Waals surface area contributed by atoms with Crippen molar-refractivity contribution in [1.29, 1.82) is 0 Å². The number of hydrogen-bond acceptors (Lipinski definition) is 18. The van der Waals surface area contributed by atoms with Crippen LogP contribution in [0.3, 0.4) is 0 Å². The summed E-state index contributed by atoms with van der Waals surface area (Å²) in [7, 11) is 7.34. The Balaban J connectivity index is 0.000000262. The third-order valence-corrected chi connectivity index (χ3v) is 21.0. The van der Waals surface area contributed by atoms with E-state index in [1.165, 1.54) is 26.4 Å². The molecule has 104 heavy (non-hydrogen) atoms. The standard InChI is InChI=1S/C30H56N2O4.C28H52N2O4.2C14H12O3/c1-27(2)19-23(20-28(3,4)31(27)9)35-25(33)17-15-13-11-12-14-16-18-26(34)36-24-21-29(5,6)32(10)30(7,8)22-24;1-25(2)17-21(18-26(3,4)29-25)33-23(31)15-13-11-9-10-12-14-16-24(32)34-22-19-27(5,6)30-28(7,8)20-22;2*1-17-11-7-8-12(13(15)9-11)14(16)10-5-3-2-4-6-10/h23-24H,11-22H2,1-10H3;21-22,29-30H,9-20H2,1-8H3;2*2-9,15H,1H3. The number of piperidine rings is 4. The summed E-state index contributed by atoms with van der Waals surface area (Å²) >= 11 is 0. The fourth-order valence-corrected chi connectivity index (χ4v) is 16.0. The molecule has 0 aliphatic carbocycles. The van der Waals surface area contributed by atoms with E-state index in [4.69, 9.17) is 28.4 Å². The molecule has 4 N–H and O–H groups in total. The second-order valence-electron chi connectivity index (χ2n) is 34.6. The minimum Gasteiger partial charge on any atom is -0.507 e. The molecule has 4 aliphatic rings. The van der Waals surface area contributed by atoms with Crippen molar-refractivity contribution in [3.63, 3.8) is 0 Å². The minimum atomic E-state index is -0.203. The molecule has 4 aromatic rings. The van der Waals surface area contributed by atoms with Crippen molar-refractivity contribution in [2.75, 3.05) is 28.3 Å². The summed E-state index contributed by atoms with van der Waals surface area (Å²) < 4.78 is 33.2. The Hall–Kier alpha value is -6.86. The van der Waals surface area contributed by atoms with Gasteiger partial charge in [-0.15, -0.1) is 0 Å². The highest BCUT2D eigenvalue weighted by Gasteiger charge is 2.46. The number of phenols is 2. The Morgan fingerprint density at radius 1 is 0.356 bits per heavy atom. The number of carbonyl (C=O) groups is 6. The molecule has 8 rings (SSSR count). The lowest BCUT2D eigenvalue weighted by molar-refractivity contribution is -0.160. The molecule has 4 aromatic carbocycles. The van der Waals surface area contributed by atoms with Gasteiger partial charge in [0.2, 0.25) is 0 Å². The molecule has 0 bridgehead atoms. The topological polar surface area (TPSA) is 229 Å². The van der Waals surface area contributed by atoms with Crippen LogP contribution in [0.2, 0.25) is 0 Å². The monoisotopic (exact) mass is 1440 g/mol. The third kappa shape index (κ3) is 29.5. The summed E-state index contributed by atoms with van der Waals surface area (Å²) in [6, 6.07) is 26.9. The summed E-state index contributed by atoms with van der Waals surface area (Å²) in [5.74, 6) is 0.251. The van der Waals surface area contributed by atoms with Gasteiger partial charge in [-0.3, -0.25) is 38.6 Å². The zero-order valence-electron chi connectivity index (χ0n) is 67.2. The second-order valence-corrected chi connectivity index (χ2v) is 34.6. The highest BCUT2D eigenvalue weighted by Crippen LogP contribution is 2.41. The van der Waals surface area contributed by atoms with Gasteiger partial charge in [0.05, 0.1) is 25.3 Å². The van der Waals surface area contributed by atoms with E-state index in [1.807, 2.05) is 12.1 Å². The number of aromatic hydroxyl groups is 2. The average Bonchev–Trinajstić information content (AvgIpc) is 0.780. The molecule has 4 fully saturated rings. The molecular weight excluding hydrogens is 1310 g/mol. The first kappa shape index (κ1) is 87.8. The van der Waals surface area contributed by atoms with Gasteiger partial charge in [-0.05, 0) is 175 Å². The van der Waals surface area contributed by atoms with E-state index < -0.39 is 0 Å². The van der Waals surface area contributed by atoms with Crippen molar-refractivity contribution in [2.45, 2.75) is 334 Å². The number of nitrogens with zero attached hydrogens (tertiary/aromatic N) is 2. The molecule has 0 spiro atoms. The molecule has 18 heteroatoms. The Kier molecular flexibility index (Phi) is 33.0. The van der Waals surface area contributed by atoms with E-state index >= 15 is 0 Å². The molecule has 0 amide bonds. The fraction of sp³-hybridized carbons (Fsp3) is 0.651. The van der Waals surface area contributed by atoms with Gasteiger partial charge in [0.15, 0.2) is 11.6 Å². The SMILES string of the molecule is CC1(C)CC(OC(=O)CCCCCCCCC(=O)OC2CC(C)(C)NC(C)(C)C2)CC(C)(C)N1.CN1C(C)(C)CC(OC(=O)CCCCCCCCC(=O)OC2CC(C)(C)N(C)C(C)(C)C2)CC1(C)C.COc1ccc(C(=O)c2ccccc2)c(O)c1.COc1ccc(C(=O)c2ccccc2)c(O)c1. The minimum absolute atomic E-state index is 0.000484. The van der Waals surface area contributed by atoms with Crippen LogP contribution in [-0.4, -0.2) is 152 Å². The van der Waals surface area contributed by atoms with Crippen LogP contribution in [0, 0.1) is 0 Å². The summed E-state index contributed by atoms with van der Waals surface area (Å²) in [4.78, 5) is 78.3. The molecule has 0 saturated carbocycles. The van der Waals surface area contributed by atoms with Crippen LogP contribution in [-0.2, 0) is 38.1 Å². The predicted octanol–water partition coefficient (Wildman–Crippen LogP) is 17.6. The lowest BCUT2D eigenvalue weighted by Gasteiger charge is -2.53. The molecule has 4 heterocycles. The number of ketones is 2. The molecule has 4 saturated heterocycles. The Labute approximate surface area is 624 Å². The molecule has 0 aromatic heterocycles. The quantitative estimate of drug-likeness (QED) is 0.0179. The number of unbranched alkanes of at least 4 members (excludes halogenated alkanes) is 10. The third-order valence-electron chi connectivity index (χ3n) is 21.0. The van der Waals surface area contributed by atoms with Gasteiger partial charge >= 0.3 is 23.9 Å². The van der Waals surface area contributed by atoms with Crippen LogP contribution in [0.4, 0.5) is 0 Å². The largest absolute Gasteiger partial charge is 0.507 e. The lowest BCUT2D eigenvalue weighted by atomic mass is 9.78. The Morgan fingerprint density at radius 2 is 0.587 bits per heavy atom. The van der Waals surface area contributed by atoms with Crippen LogP contribution >= 0.6 is 0 Å². The van der Waals surface area contributed by atoms with Crippen molar-refractivity contribution in [1.82, 2.24) is 20.4 Å². The normalized spacial score (nSPS) is 19.5. The maximum absolute atomic E-state index is 12.4. The molecule has 0 unspecified atom stereocenters. The first-order valence-electron chi connectivity index (χ1n) is 38.3. The second kappa shape index (κ2) is 39.1. The van der Waals surface area contributed by atoms with Crippen LogP contribution in [0.25, 0.3) is 0 Å². The van der Waals surface area contributed by atoms with E-state index in [2.05, 4.69) is 145 Å². The van der Waals surface area contributed by atoms with Crippen molar-refractivity contribution < 1.29 is 67.4 Å². The van der Waals surface area contributed by atoms with Gasteiger partial charge in [-0.25, -0.2) is 0 Å². The molecule has 0 radical (unpaired) electrons. The average molecular weight is 1450 g/mol. The fourth-order valence-electron chi connectivity index (χ4n) is 16.0. The number of nitrogens with one attached hydrogen (secondary N) is 2. The van der Waals surface area contributed by atoms with E-state index in [1.54, 1.807) is 72.8 Å². The van der Waals surface area contributed by atoms with Crippen molar-refractivity contribution in [3.8, 4) is 23.0 Å². The van der Waals surface area contributed by atoms with Gasteiger partial charge in [0, 0.05) is 145 Å². The lowest BCUT2D eigenvalue weighted by Crippen LogP contribution is -2.60. The maximum atomic E-state index is 12.4.